The van der Waals surface area contributed by atoms with Gasteiger partial charge >= 0.3 is 0 Å². The zero-order valence-corrected chi connectivity index (χ0v) is 16.4. The minimum Gasteiger partial charge on any atom is -0.394 e. The van der Waals surface area contributed by atoms with Gasteiger partial charge < -0.3 is 25.2 Å². The highest BCUT2D eigenvalue weighted by Crippen LogP contribution is 2.33. The lowest BCUT2D eigenvalue weighted by atomic mass is 9.89. The largest absolute Gasteiger partial charge is 0.394 e. The number of rotatable bonds is 6. The first kappa shape index (κ1) is 21.4. The zero-order valence-electron chi connectivity index (χ0n) is 16.4. The first-order chi connectivity index (χ1) is 14.0. The van der Waals surface area contributed by atoms with Crippen molar-refractivity contribution >= 4 is 0 Å². The molecule has 6 heteroatoms. The highest BCUT2D eigenvalue weighted by Gasteiger charge is 2.44. The van der Waals surface area contributed by atoms with Crippen LogP contribution in [0.2, 0.25) is 0 Å². The molecular weight excluding hydrogens is 370 g/mol. The molecule has 2 aromatic carbocycles. The van der Waals surface area contributed by atoms with Gasteiger partial charge in [-0.15, -0.1) is 0 Å². The van der Waals surface area contributed by atoms with E-state index in [0.29, 0.717) is 17.5 Å². The van der Waals surface area contributed by atoms with Crippen LogP contribution in [0.5, 0.6) is 0 Å². The number of benzene rings is 2. The Labute approximate surface area is 170 Å². The van der Waals surface area contributed by atoms with Gasteiger partial charge in [-0.1, -0.05) is 49.7 Å². The van der Waals surface area contributed by atoms with Crippen LogP contribution in [0.1, 0.15) is 47.3 Å². The van der Waals surface area contributed by atoms with Crippen molar-refractivity contribution in [1.82, 2.24) is 0 Å². The number of hydrogen-bond acceptors (Lipinski definition) is 6. The molecule has 4 N–H and O–H groups in total. The lowest BCUT2D eigenvalue weighted by Crippen LogP contribution is -2.55. The molecule has 1 fully saturated rings. The van der Waals surface area contributed by atoms with E-state index in [4.69, 9.17) is 4.74 Å². The molecular formula is C23H27NO5. The summed E-state index contributed by atoms with van der Waals surface area (Å²) in [6.45, 7) is 1.66. The molecule has 1 heterocycles. The third kappa shape index (κ3) is 4.67. The molecule has 0 unspecified atom stereocenters. The van der Waals surface area contributed by atoms with Crippen molar-refractivity contribution in [2.24, 2.45) is 0 Å². The van der Waals surface area contributed by atoms with Gasteiger partial charge in [0.25, 0.3) is 0 Å². The van der Waals surface area contributed by atoms with Gasteiger partial charge in [0, 0.05) is 0 Å². The van der Waals surface area contributed by atoms with Crippen LogP contribution in [0.4, 0.5) is 0 Å². The molecule has 3 rings (SSSR count). The Morgan fingerprint density at radius 3 is 2.28 bits per heavy atom. The van der Waals surface area contributed by atoms with Crippen molar-refractivity contribution in [2.45, 2.75) is 56.7 Å². The molecule has 6 nitrogen and oxygen atoms in total. The maximum atomic E-state index is 10.4. The molecule has 5 atom stereocenters. The van der Waals surface area contributed by atoms with Crippen LogP contribution in [0.3, 0.4) is 0 Å². The number of aryl methyl sites for hydroxylation is 1. The molecule has 0 aliphatic carbocycles. The first-order valence-electron chi connectivity index (χ1n) is 9.89. The van der Waals surface area contributed by atoms with Gasteiger partial charge in [-0.3, -0.25) is 0 Å². The smallest absolute Gasteiger partial charge is 0.113 e. The van der Waals surface area contributed by atoms with E-state index in [9.17, 15) is 25.7 Å². The highest BCUT2D eigenvalue weighted by atomic mass is 16.5. The molecule has 0 bridgehead atoms. The highest BCUT2D eigenvalue weighted by molar-refractivity contribution is 5.44. The lowest BCUT2D eigenvalue weighted by molar-refractivity contribution is -0.231. The average molecular weight is 397 g/mol. The fourth-order valence-corrected chi connectivity index (χ4v) is 3.76. The fraction of sp³-hybridized carbons (Fsp3) is 0.435. The van der Waals surface area contributed by atoms with Crippen molar-refractivity contribution in [2.75, 3.05) is 6.61 Å². The third-order valence-electron chi connectivity index (χ3n) is 5.43. The Morgan fingerprint density at radius 1 is 0.966 bits per heavy atom. The van der Waals surface area contributed by atoms with E-state index in [-0.39, 0.29) is 0 Å². The topological polar surface area (TPSA) is 114 Å². The number of ether oxygens (including phenoxy) is 1. The summed E-state index contributed by atoms with van der Waals surface area (Å²) in [7, 11) is 0. The fourth-order valence-electron chi connectivity index (χ4n) is 3.76. The van der Waals surface area contributed by atoms with E-state index in [1.807, 2.05) is 12.1 Å². The summed E-state index contributed by atoms with van der Waals surface area (Å²) in [4.78, 5) is 0. The van der Waals surface area contributed by atoms with E-state index >= 15 is 0 Å². The second-order valence-electron chi connectivity index (χ2n) is 7.52. The molecule has 0 spiro atoms. The van der Waals surface area contributed by atoms with Crippen LogP contribution in [-0.4, -0.2) is 51.4 Å². The van der Waals surface area contributed by atoms with Crippen LogP contribution in [0, 0.1) is 11.3 Å². The van der Waals surface area contributed by atoms with Crippen LogP contribution in [0.15, 0.2) is 42.5 Å². The quantitative estimate of drug-likeness (QED) is 0.589. The third-order valence-corrected chi connectivity index (χ3v) is 5.43. The molecule has 1 saturated heterocycles. The number of aliphatic hydroxyl groups is 4. The molecule has 0 radical (unpaired) electrons. The van der Waals surface area contributed by atoms with E-state index < -0.39 is 37.1 Å². The summed E-state index contributed by atoms with van der Waals surface area (Å²) in [6.07, 6.45) is -3.41. The molecule has 1 aliphatic heterocycles. The summed E-state index contributed by atoms with van der Waals surface area (Å²) in [5.41, 5.74) is 4.22. The molecule has 0 aromatic heterocycles. The Kier molecular flexibility index (Phi) is 7.01. The Bertz CT molecular complexity index is 859. The van der Waals surface area contributed by atoms with Gasteiger partial charge in [0.15, 0.2) is 0 Å². The van der Waals surface area contributed by atoms with Gasteiger partial charge in [-0.2, -0.15) is 5.26 Å². The maximum absolute atomic E-state index is 10.4. The van der Waals surface area contributed by atoms with Crippen LogP contribution in [-0.2, 0) is 17.6 Å². The molecule has 0 amide bonds. The molecule has 0 saturated carbocycles. The van der Waals surface area contributed by atoms with Gasteiger partial charge in [0.2, 0.25) is 0 Å². The average Bonchev–Trinajstić information content (AvgIpc) is 2.74. The Morgan fingerprint density at radius 2 is 1.66 bits per heavy atom. The monoisotopic (exact) mass is 397 g/mol. The summed E-state index contributed by atoms with van der Waals surface area (Å²) in [6, 6.07) is 15.6. The van der Waals surface area contributed by atoms with Crippen LogP contribution < -0.4 is 0 Å². The zero-order chi connectivity index (χ0) is 21.0. The molecule has 1 aliphatic rings. The standard InChI is InChI=1S/C23H27NO5/c1-2-3-14-4-6-15(7-5-14)10-18-11-16(8-9-17(18)12-24)23-22(28)21(27)20(26)19(13-25)29-23/h4-9,11,19-23,25-28H,2-3,10,13H2,1H3/t19-,20-,21+,22-,23+/m1/s1. The van der Waals surface area contributed by atoms with Gasteiger partial charge in [-0.25, -0.2) is 0 Å². The van der Waals surface area contributed by atoms with Gasteiger partial charge in [0.1, 0.15) is 30.5 Å². The minimum atomic E-state index is -1.43. The summed E-state index contributed by atoms with van der Waals surface area (Å²) in [5, 5.41) is 49.3. The van der Waals surface area contributed by atoms with Crippen molar-refractivity contribution in [3.8, 4) is 6.07 Å². The van der Waals surface area contributed by atoms with Crippen LogP contribution >= 0.6 is 0 Å². The van der Waals surface area contributed by atoms with E-state index in [1.165, 1.54) is 5.56 Å². The number of nitriles is 1. The molecule has 2 aromatic rings. The first-order valence-corrected chi connectivity index (χ1v) is 9.89. The van der Waals surface area contributed by atoms with E-state index in [1.54, 1.807) is 18.2 Å². The summed E-state index contributed by atoms with van der Waals surface area (Å²) >= 11 is 0. The lowest BCUT2D eigenvalue weighted by Gasteiger charge is -2.40. The number of hydrogen-bond donors (Lipinski definition) is 4. The van der Waals surface area contributed by atoms with Crippen molar-refractivity contribution < 1.29 is 25.2 Å². The van der Waals surface area contributed by atoms with E-state index in [2.05, 4.69) is 25.1 Å². The summed E-state index contributed by atoms with van der Waals surface area (Å²) < 4.78 is 5.65. The number of aliphatic hydroxyl groups excluding tert-OH is 4. The molecule has 29 heavy (non-hydrogen) atoms. The second-order valence-corrected chi connectivity index (χ2v) is 7.52. The second kappa shape index (κ2) is 9.49. The predicted molar refractivity (Wildman–Crippen MR) is 107 cm³/mol. The predicted octanol–water partition coefficient (Wildman–Crippen LogP) is 1.62. The van der Waals surface area contributed by atoms with Crippen molar-refractivity contribution in [3.63, 3.8) is 0 Å². The van der Waals surface area contributed by atoms with Crippen molar-refractivity contribution in [3.05, 3.63) is 70.3 Å². The minimum absolute atomic E-state index is 0.477. The van der Waals surface area contributed by atoms with Gasteiger partial charge in [-0.05, 0) is 41.2 Å². The Hall–Kier alpha value is -2.27. The van der Waals surface area contributed by atoms with Crippen LogP contribution in [0.25, 0.3) is 0 Å². The maximum Gasteiger partial charge on any atom is 0.113 e. The normalized spacial score (nSPS) is 26.8. The molecule has 154 valence electrons. The summed E-state index contributed by atoms with van der Waals surface area (Å²) in [5.74, 6) is 0. The Balaban J connectivity index is 1.87. The van der Waals surface area contributed by atoms with Crippen molar-refractivity contribution in [1.29, 1.82) is 5.26 Å². The van der Waals surface area contributed by atoms with E-state index in [0.717, 1.165) is 24.0 Å². The number of nitrogens with zero attached hydrogens (tertiary/aromatic N) is 1. The SMILES string of the molecule is CCCc1ccc(Cc2cc([C@@H]3O[C@H](CO)[C@@H](O)[C@H](O)[C@H]3O)ccc2C#N)cc1. The van der Waals surface area contributed by atoms with Gasteiger partial charge in [0.05, 0.1) is 18.2 Å².